The van der Waals surface area contributed by atoms with E-state index in [1.165, 1.54) is 6.42 Å². The maximum absolute atomic E-state index is 12.2. The first kappa shape index (κ1) is 11.8. The van der Waals surface area contributed by atoms with E-state index in [-0.39, 0.29) is 18.0 Å². The lowest BCUT2D eigenvalue weighted by atomic mass is 9.76. The molecule has 0 bridgehead atoms. The summed E-state index contributed by atoms with van der Waals surface area (Å²) >= 11 is 0. The van der Waals surface area contributed by atoms with Gasteiger partial charge in [-0.2, -0.15) is 0 Å². The molecule has 0 aromatic heterocycles. The van der Waals surface area contributed by atoms with E-state index in [1.807, 2.05) is 18.2 Å². The zero-order valence-electron chi connectivity index (χ0n) is 11.0. The molecular formula is C16H20O2. The van der Waals surface area contributed by atoms with Crippen molar-refractivity contribution >= 4 is 5.97 Å². The third kappa shape index (κ3) is 1.75. The van der Waals surface area contributed by atoms with E-state index in [2.05, 4.69) is 26.0 Å². The molecule has 2 heteroatoms. The van der Waals surface area contributed by atoms with Crippen molar-refractivity contribution in [2.24, 2.45) is 23.7 Å². The van der Waals surface area contributed by atoms with Gasteiger partial charge in [-0.25, -0.2) is 0 Å². The van der Waals surface area contributed by atoms with Crippen LogP contribution in [-0.4, -0.2) is 5.97 Å². The molecule has 5 unspecified atom stereocenters. The molecule has 2 fully saturated rings. The molecule has 96 valence electrons. The number of hydrogen-bond donors (Lipinski definition) is 0. The van der Waals surface area contributed by atoms with Gasteiger partial charge in [0.15, 0.2) is 0 Å². The van der Waals surface area contributed by atoms with Crippen LogP contribution in [0.5, 0.6) is 0 Å². The van der Waals surface area contributed by atoms with Crippen LogP contribution in [-0.2, 0) is 9.53 Å². The molecule has 1 aromatic rings. The van der Waals surface area contributed by atoms with Crippen LogP contribution in [0.3, 0.4) is 0 Å². The second-order valence-corrected chi connectivity index (χ2v) is 5.87. The molecule has 1 saturated heterocycles. The molecule has 0 N–H and O–H groups in total. The van der Waals surface area contributed by atoms with Gasteiger partial charge in [0.1, 0.15) is 6.10 Å². The van der Waals surface area contributed by atoms with E-state index >= 15 is 0 Å². The SMILES string of the molecule is CC1CCC2C(C)C(c3ccccc3)OC(=O)C12. The van der Waals surface area contributed by atoms with Crippen LogP contribution >= 0.6 is 0 Å². The molecule has 0 spiro atoms. The van der Waals surface area contributed by atoms with Gasteiger partial charge in [0, 0.05) is 5.92 Å². The second-order valence-electron chi connectivity index (χ2n) is 5.87. The Labute approximate surface area is 108 Å². The number of esters is 1. The Morgan fingerprint density at radius 2 is 1.83 bits per heavy atom. The summed E-state index contributed by atoms with van der Waals surface area (Å²) in [6.07, 6.45) is 2.28. The van der Waals surface area contributed by atoms with E-state index < -0.39 is 0 Å². The first-order valence-corrected chi connectivity index (χ1v) is 6.94. The van der Waals surface area contributed by atoms with Crippen molar-refractivity contribution in [3.8, 4) is 0 Å². The Bertz CT molecular complexity index is 440. The monoisotopic (exact) mass is 244 g/mol. The highest BCUT2D eigenvalue weighted by Crippen LogP contribution is 2.50. The lowest BCUT2D eigenvalue weighted by Gasteiger charge is -2.38. The molecule has 1 aliphatic carbocycles. The van der Waals surface area contributed by atoms with E-state index in [1.54, 1.807) is 0 Å². The average Bonchev–Trinajstić information content (AvgIpc) is 2.78. The number of rotatable bonds is 1. The maximum Gasteiger partial charge on any atom is 0.310 e. The highest BCUT2D eigenvalue weighted by atomic mass is 16.5. The van der Waals surface area contributed by atoms with Crippen molar-refractivity contribution in [3.63, 3.8) is 0 Å². The molecule has 0 radical (unpaired) electrons. The number of ether oxygens (including phenoxy) is 1. The van der Waals surface area contributed by atoms with Gasteiger partial charge >= 0.3 is 5.97 Å². The quantitative estimate of drug-likeness (QED) is 0.706. The van der Waals surface area contributed by atoms with Gasteiger partial charge in [-0.15, -0.1) is 0 Å². The van der Waals surface area contributed by atoms with Gasteiger partial charge < -0.3 is 4.74 Å². The van der Waals surface area contributed by atoms with Gasteiger partial charge in [-0.3, -0.25) is 4.79 Å². The van der Waals surface area contributed by atoms with Gasteiger partial charge in [0.2, 0.25) is 0 Å². The first-order valence-electron chi connectivity index (χ1n) is 6.94. The van der Waals surface area contributed by atoms with Crippen molar-refractivity contribution in [2.75, 3.05) is 0 Å². The highest BCUT2D eigenvalue weighted by Gasteiger charge is 2.49. The molecule has 0 amide bonds. The van der Waals surface area contributed by atoms with Gasteiger partial charge in [0.05, 0.1) is 5.92 Å². The zero-order chi connectivity index (χ0) is 12.7. The Kier molecular flexibility index (Phi) is 2.89. The van der Waals surface area contributed by atoms with Crippen molar-refractivity contribution in [1.29, 1.82) is 0 Å². The van der Waals surface area contributed by atoms with Crippen LogP contribution in [0.4, 0.5) is 0 Å². The van der Waals surface area contributed by atoms with Crippen molar-refractivity contribution < 1.29 is 9.53 Å². The van der Waals surface area contributed by atoms with E-state index in [0.29, 0.717) is 17.8 Å². The minimum absolute atomic E-state index is 0.0250. The Hall–Kier alpha value is -1.31. The molecule has 18 heavy (non-hydrogen) atoms. The zero-order valence-corrected chi connectivity index (χ0v) is 11.0. The summed E-state index contributed by atoms with van der Waals surface area (Å²) in [7, 11) is 0. The fraction of sp³-hybridized carbons (Fsp3) is 0.562. The summed E-state index contributed by atoms with van der Waals surface area (Å²) in [5.41, 5.74) is 1.14. The molecule has 3 rings (SSSR count). The summed E-state index contributed by atoms with van der Waals surface area (Å²) in [5, 5.41) is 0. The molecule has 1 saturated carbocycles. The molecule has 1 aromatic carbocycles. The van der Waals surface area contributed by atoms with Crippen molar-refractivity contribution in [1.82, 2.24) is 0 Å². The Morgan fingerprint density at radius 1 is 1.11 bits per heavy atom. The fourth-order valence-electron chi connectivity index (χ4n) is 3.78. The average molecular weight is 244 g/mol. The van der Waals surface area contributed by atoms with E-state index in [4.69, 9.17) is 4.74 Å². The molecule has 2 aliphatic rings. The van der Waals surface area contributed by atoms with Gasteiger partial charge in [-0.05, 0) is 30.2 Å². The van der Waals surface area contributed by atoms with Crippen molar-refractivity contribution in [3.05, 3.63) is 35.9 Å². The summed E-state index contributed by atoms with van der Waals surface area (Å²) < 4.78 is 5.73. The fourth-order valence-corrected chi connectivity index (χ4v) is 3.78. The highest BCUT2D eigenvalue weighted by molar-refractivity contribution is 5.75. The number of fused-ring (bicyclic) bond motifs is 1. The largest absolute Gasteiger partial charge is 0.457 e. The standard InChI is InChI=1S/C16H20O2/c1-10-8-9-13-11(2)15(18-16(17)14(10)13)12-6-4-3-5-7-12/h3-7,10-11,13-15H,8-9H2,1-2H3. The van der Waals surface area contributed by atoms with Gasteiger partial charge in [-0.1, -0.05) is 44.2 Å². The predicted molar refractivity (Wildman–Crippen MR) is 69.8 cm³/mol. The van der Waals surface area contributed by atoms with Crippen LogP contribution in [0, 0.1) is 23.7 Å². The number of carbonyl (C=O) groups is 1. The molecule has 5 atom stereocenters. The van der Waals surface area contributed by atoms with E-state index in [9.17, 15) is 4.79 Å². The van der Waals surface area contributed by atoms with Crippen LogP contribution in [0.2, 0.25) is 0 Å². The molecular weight excluding hydrogens is 224 g/mol. The maximum atomic E-state index is 12.2. The van der Waals surface area contributed by atoms with E-state index in [0.717, 1.165) is 12.0 Å². The minimum atomic E-state index is -0.0507. The third-order valence-electron chi connectivity index (χ3n) is 4.83. The molecule has 1 heterocycles. The Balaban J connectivity index is 1.89. The lowest BCUT2D eigenvalue weighted by Crippen LogP contribution is -2.39. The summed E-state index contributed by atoms with van der Waals surface area (Å²) in [6, 6.07) is 10.2. The minimum Gasteiger partial charge on any atom is -0.457 e. The summed E-state index contributed by atoms with van der Waals surface area (Å²) in [4.78, 5) is 12.2. The van der Waals surface area contributed by atoms with Crippen LogP contribution in [0.25, 0.3) is 0 Å². The lowest BCUT2D eigenvalue weighted by molar-refractivity contribution is -0.172. The smallest absolute Gasteiger partial charge is 0.310 e. The Morgan fingerprint density at radius 3 is 2.56 bits per heavy atom. The topological polar surface area (TPSA) is 26.3 Å². The molecule has 1 aliphatic heterocycles. The second kappa shape index (κ2) is 4.42. The summed E-state index contributed by atoms with van der Waals surface area (Å²) in [6.45, 7) is 4.42. The normalized spacial score (nSPS) is 39.2. The number of carbonyl (C=O) groups excluding carboxylic acids is 1. The van der Waals surface area contributed by atoms with Crippen molar-refractivity contribution in [2.45, 2.75) is 32.8 Å². The number of cyclic esters (lactones) is 1. The molecule has 2 nitrogen and oxygen atoms in total. The third-order valence-corrected chi connectivity index (χ3v) is 4.83. The van der Waals surface area contributed by atoms with Crippen LogP contribution < -0.4 is 0 Å². The van der Waals surface area contributed by atoms with Crippen LogP contribution in [0.1, 0.15) is 38.4 Å². The number of benzene rings is 1. The summed E-state index contributed by atoms with van der Waals surface area (Å²) in [5.74, 6) is 1.59. The first-order chi connectivity index (χ1) is 8.68. The van der Waals surface area contributed by atoms with Crippen LogP contribution in [0.15, 0.2) is 30.3 Å². The van der Waals surface area contributed by atoms with Gasteiger partial charge in [0.25, 0.3) is 0 Å². The number of hydrogen-bond acceptors (Lipinski definition) is 2. The predicted octanol–water partition coefficient (Wildman–Crippen LogP) is 3.58.